The van der Waals surface area contributed by atoms with Crippen LogP contribution in [0.4, 0.5) is 10.3 Å². The number of fused-ring (bicyclic) bond motifs is 1. The molecular weight excluding hydrogens is 221 g/mol. The second-order valence-corrected chi connectivity index (χ2v) is 4.74. The van der Waals surface area contributed by atoms with Crippen molar-refractivity contribution in [1.29, 1.82) is 0 Å². The van der Waals surface area contributed by atoms with Crippen molar-refractivity contribution in [3.05, 3.63) is 24.0 Å². The largest absolute Gasteiger partial charge is 0.324 e. The third-order valence-corrected chi connectivity index (χ3v) is 3.24. The SMILES string of the molecule is CC1(C(=O)Nc2nc3c(F)cccc3[nH]2)CC1. The summed E-state index contributed by atoms with van der Waals surface area (Å²) in [4.78, 5) is 18.7. The molecule has 0 saturated heterocycles. The van der Waals surface area contributed by atoms with Crippen LogP contribution in [-0.2, 0) is 4.79 Å². The molecule has 1 aliphatic rings. The van der Waals surface area contributed by atoms with Crippen LogP contribution < -0.4 is 5.32 Å². The zero-order valence-corrected chi connectivity index (χ0v) is 9.38. The molecule has 2 N–H and O–H groups in total. The molecule has 17 heavy (non-hydrogen) atoms. The molecule has 0 atom stereocenters. The first-order valence-corrected chi connectivity index (χ1v) is 5.54. The minimum absolute atomic E-state index is 0.0584. The topological polar surface area (TPSA) is 57.8 Å². The molecular formula is C12H12FN3O. The maximum absolute atomic E-state index is 13.4. The lowest BCUT2D eigenvalue weighted by atomic mass is 10.1. The normalized spacial score (nSPS) is 17.1. The third kappa shape index (κ3) is 1.67. The van der Waals surface area contributed by atoms with Crippen LogP contribution in [0.5, 0.6) is 0 Å². The van der Waals surface area contributed by atoms with Gasteiger partial charge in [-0.2, -0.15) is 0 Å². The molecule has 1 amide bonds. The summed E-state index contributed by atoms with van der Waals surface area (Å²) in [6.07, 6.45) is 1.79. The quantitative estimate of drug-likeness (QED) is 0.837. The third-order valence-electron chi connectivity index (χ3n) is 3.24. The van der Waals surface area contributed by atoms with Crippen molar-refractivity contribution in [1.82, 2.24) is 9.97 Å². The maximum atomic E-state index is 13.4. The van der Waals surface area contributed by atoms with Crippen molar-refractivity contribution in [3.8, 4) is 0 Å². The predicted molar refractivity (Wildman–Crippen MR) is 62.0 cm³/mol. The average Bonchev–Trinajstić information content (AvgIpc) is 2.90. The summed E-state index contributed by atoms with van der Waals surface area (Å²) in [5, 5.41) is 2.69. The van der Waals surface area contributed by atoms with Gasteiger partial charge in [0.05, 0.1) is 5.52 Å². The molecule has 1 heterocycles. The number of amides is 1. The van der Waals surface area contributed by atoms with E-state index in [1.807, 2.05) is 6.92 Å². The highest BCUT2D eigenvalue weighted by molar-refractivity contribution is 5.96. The van der Waals surface area contributed by atoms with Crippen molar-refractivity contribution in [3.63, 3.8) is 0 Å². The van der Waals surface area contributed by atoms with E-state index in [-0.39, 0.29) is 16.8 Å². The smallest absolute Gasteiger partial charge is 0.232 e. The highest BCUT2D eigenvalue weighted by atomic mass is 19.1. The molecule has 0 spiro atoms. The lowest BCUT2D eigenvalue weighted by Crippen LogP contribution is -2.21. The van der Waals surface area contributed by atoms with Gasteiger partial charge in [-0.25, -0.2) is 9.37 Å². The number of hydrogen-bond donors (Lipinski definition) is 2. The van der Waals surface area contributed by atoms with Crippen LogP contribution in [0.15, 0.2) is 18.2 Å². The standard InChI is InChI=1S/C12H12FN3O/c1-12(5-6-12)10(17)16-11-14-8-4-2-3-7(13)9(8)15-11/h2-4H,5-6H2,1H3,(H2,14,15,16,17). The fourth-order valence-electron chi connectivity index (χ4n) is 1.73. The summed E-state index contributed by atoms with van der Waals surface area (Å²) >= 11 is 0. The Bertz CT molecular complexity index is 601. The Morgan fingerprint density at radius 2 is 2.29 bits per heavy atom. The highest BCUT2D eigenvalue weighted by Crippen LogP contribution is 2.45. The fourth-order valence-corrected chi connectivity index (χ4v) is 1.73. The van der Waals surface area contributed by atoms with Crippen molar-refractivity contribution >= 4 is 22.9 Å². The number of halogens is 1. The maximum Gasteiger partial charge on any atom is 0.232 e. The number of benzene rings is 1. The molecule has 1 aromatic carbocycles. The second kappa shape index (κ2) is 3.29. The predicted octanol–water partition coefficient (Wildman–Crippen LogP) is 2.44. The van der Waals surface area contributed by atoms with Gasteiger partial charge in [0.1, 0.15) is 5.52 Å². The summed E-state index contributed by atoms with van der Waals surface area (Å²) in [7, 11) is 0. The van der Waals surface area contributed by atoms with E-state index in [9.17, 15) is 9.18 Å². The van der Waals surface area contributed by atoms with Crippen molar-refractivity contribution in [2.24, 2.45) is 5.41 Å². The summed E-state index contributed by atoms with van der Waals surface area (Å²) < 4.78 is 13.4. The number of nitrogens with one attached hydrogen (secondary N) is 2. The van der Waals surface area contributed by atoms with Crippen LogP contribution in [0.3, 0.4) is 0 Å². The Kier molecular flexibility index (Phi) is 1.98. The summed E-state index contributed by atoms with van der Waals surface area (Å²) in [5.41, 5.74) is 0.572. The zero-order chi connectivity index (χ0) is 12.0. The number of aromatic nitrogens is 2. The molecule has 3 rings (SSSR count). The molecule has 1 saturated carbocycles. The van der Waals surface area contributed by atoms with E-state index in [0.29, 0.717) is 11.5 Å². The van der Waals surface area contributed by atoms with Gasteiger partial charge >= 0.3 is 0 Å². The first-order valence-electron chi connectivity index (χ1n) is 5.54. The number of hydrogen-bond acceptors (Lipinski definition) is 2. The van der Waals surface area contributed by atoms with E-state index < -0.39 is 5.82 Å². The Labute approximate surface area is 97.2 Å². The van der Waals surface area contributed by atoms with Crippen LogP contribution in [0, 0.1) is 11.2 Å². The van der Waals surface area contributed by atoms with E-state index in [1.165, 1.54) is 6.07 Å². The van der Waals surface area contributed by atoms with Crippen LogP contribution >= 0.6 is 0 Å². The fraction of sp³-hybridized carbons (Fsp3) is 0.333. The van der Waals surface area contributed by atoms with Gasteiger partial charge in [0.15, 0.2) is 5.82 Å². The molecule has 88 valence electrons. The number of rotatable bonds is 2. The Balaban J connectivity index is 1.91. The van der Waals surface area contributed by atoms with E-state index in [4.69, 9.17) is 0 Å². The van der Waals surface area contributed by atoms with Crippen molar-refractivity contribution in [2.75, 3.05) is 5.32 Å². The van der Waals surface area contributed by atoms with Gasteiger partial charge in [-0.1, -0.05) is 13.0 Å². The molecule has 4 nitrogen and oxygen atoms in total. The van der Waals surface area contributed by atoms with Gasteiger partial charge in [0, 0.05) is 5.41 Å². The van der Waals surface area contributed by atoms with Crippen molar-refractivity contribution < 1.29 is 9.18 Å². The average molecular weight is 233 g/mol. The molecule has 1 fully saturated rings. The number of para-hydroxylation sites is 1. The lowest BCUT2D eigenvalue weighted by molar-refractivity contribution is -0.120. The molecule has 1 aromatic heterocycles. The highest BCUT2D eigenvalue weighted by Gasteiger charge is 2.45. The molecule has 0 bridgehead atoms. The molecule has 0 radical (unpaired) electrons. The number of nitrogens with zero attached hydrogens (tertiary/aromatic N) is 1. The monoisotopic (exact) mass is 233 g/mol. The number of carbonyl (C=O) groups excluding carboxylic acids is 1. The molecule has 5 heteroatoms. The molecule has 2 aromatic rings. The van der Waals surface area contributed by atoms with Gasteiger partial charge in [0.2, 0.25) is 11.9 Å². The number of carbonyl (C=O) groups is 1. The molecule has 0 unspecified atom stereocenters. The van der Waals surface area contributed by atoms with Gasteiger partial charge in [-0.3, -0.25) is 10.1 Å². The van der Waals surface area contributed by atoms with Crippen LogP contribution in [0.25, 0.3) is 11.0 Å². The Hall–Kier alpha value is -1.91. The minimum Gasteiger partial charge on any atom is -0.324 e. The number of imidazole rings is 1. The second-order valence-electron chi connectivity index (χ2n) is 4.74. The summed E-state index contributed by atoms with van der Waals surface area (Å²) in [5.74, 6) is -0.142. The summed E-state index contributed by atoms with van der Waals surface area (Å²) in [6, 6.07) is 4.67. The number of anilines is 1. The first kappa shape index (κ1) is 10.3. The van der Waals surface area contributed by atoms with Crippen LogP contribution in [-0.4, -0.2) is 15.9 Å². The van der Waals surface area contributed by atoms with E-state index in [0.717, 1.165) is 12.8 Å². The minimum atomic E-state index is -0.392. The lowest BCUT2D eigenvalue weighted by Gasteiger charge is -2.06. The van der Waals surface area contributed by atoms with E-state index >= 15 is 0 Å². The van der Waals surface area contributed by atoms with Crippen molar-refractivity contribution in [2.45, 2.75) is 19.8 Å². The molecule has 0 aliphatic heterocycles. The number of H-pyrrole nitrogens is 1. The zero-order valence-electron chi connectivity index (χ0n) is 9.38. The van der Waals surface area contributed by atoms with E-state index in [2.05, 4.69) is 15.3 Å². The van der Waals surface area contributed by atoms with Gasteiger partial charge in [0.25, 0.3) is 0 Å². The van der Waals surface area contributed by atoms with Gasteiger partial charge < -0.3 is 4.98 Å². The first-order chi connectivity index (χ1) is 8.08. The molecule has 1 aliphatic carbocycles. The van der Waals surface area contributed by atoms with Gasteiger partial charge in [-0.05, 0) is 25.0 Å². The Morgan fingerprint density at radius 1 is 1.53 bits per heavy atom. The van der Waals surface area contributed by atoms with Gasteiger partial charge in [-0.15, -0.1) is 0 Å². The summed E-state index contributed by atoms with van der Waals surface area (Å²) in [6.45, 7) is 1.91. The van der Waals surface area contributed by atoms with Crippen LogP contribution in [0.1, 0.15) is 19.8 Å². The number of aromatic amines is 1. The van der Waals surface area contributed by atoms with Crippen LogP contribution in [0.2, 0.25) is 0 Å². The van der Waals surface area contributed by atoms with E-state index in [1.54, 1.807) is 12.1 Å². The Morgan fingerprint density at radius 3 is 2.94 bits per heavy atom.